The van der Waals surface area contributed by atoms with Gasteiger partial charge in [0.15, 0.2) is 0 Å². The molecule has 1 saturated carbocycles. The van der Waals surface area contributed by atoms with E-state index in [-0.39, 0.29) is 11.9 Å². The molecule has 0 aliphatic heterocycles. The van der Waals surface area contributed by atoms with Gasteiger partial charge in [-0.05, 0) is 56.9 Å². The van der Waals surface area contributed by atoms with Gasteiger partial charge in [-0.15, -0.1) is 0 Å². The van der Waals surface area contributed by atoms with Gasteiger partial charge in [0.1, 0.15) is 17.5 Å². The number of nitrogens with one attached hydrogen (secondary N) is 1. The number of aryl methyl sites for hydroxylation is 1. The van der Waals surface area contributed by atoms with E-state index >= 15 is 0 Å². The van der Waals surface area contributed by atoms with E-state index in [0.717, 1.165) is 28.6 Å². The number of rotatable bonds is 4. The number of H-pyrrole nitrogens is 1. The topological polar surface area (TPSA) is 85.8 Å². The van der Waals surface area contributed by atoms with Gasteiger partial charge < -0.3 is 24.8 Å². The largest absolute Gasteiger partial charge is 0.494 e. The van der Waals surface area contributed by atoms with Crippen molar-refractivity contribution < 1.29 is 19.7 Å². The molecule has 1 aromatic carbocycles. The smallest absolute Gasteiger partial charge is 0.270 e. The van der Waals surface area contributed by atoms with Crippen LogP contribution in [0.2, 0.25) is 0 Å². The highest BCUT2D eigenvalue weighted by Crippen LogP contribution is 2.29. The number of carbonyl (C=O) groups is 1. The molecule has 1 fully saturated rings. The highest BCUT2D eigenvalue weighted by Gasteiger charge is 2.36. The van der Waals surface area contributed by atoms with E-state index in [0.29, 0.717) is 25.1 Å². The number of benzene rings is 1. The normalized spacial score (nSPS) is 23.6. The number of likely N-dealkylation sites (N-methyl/N-ethyl adjacent to an activating group) is 1. The zero-order valence-electron chi connectivity index (χ0n) is 15.0. The number of nitrogens with zero attached hydrogens (tertiary/aromatic N) is 1. The van der Waals surface area contributed by atoms with Crippen molar-refractivity contribution in [2.45, 2.75) is 51.4 Å². The van der Waals surface area contributed by atoms with Crippen molar-refractivity contribution in [2.24, 2.45) is 0 Å². The van der Waals surface area contributed by atoms with Gasteiger partial charge in [0.25, 0.3) is 5.91 Å². The number of hydrogen-bond acceptors (Lipinski definition) is 4. The Bertz CT molecular complexity index is 770. The second-order valence-electron chi connectivity index (χ2n) is 6.74. The number of amides is 1. The Hall–Kier alpha value is -2.05. The molecule has 1 aliphatic rings. The number of aliphatic hydroxyl groups is 2. The Morgan fingerprint density at radius 1 is 1.36 bits per heavy atom. The zero-order chi connectivity index (χ0) is 18.1. The maximum Gasteiger partial charge on any atom is 0.270 e. The molecule has 2 aromatic rings. The summed E-state index contributed by atoms with van der Waals surface area (Å²) in [6, 6.07) is 5.34. The summed E-state index contributed by atoms with van der Waals surface area (Å²) in [5.74, 6) is 0.597. The summed E-state index contributed by atoms with van der Waals surface area (Å²) in [6.07, 6.45) is 0.382. The third kappa shape index (κ3) is 3.24. The highest BCUT2D eigenvalue weighted by atomic mass is 16.5. The molecule has 0 unspecified atom stereocenters. The Morgan fingerprint density at radius 3 is 2.84 bits per heavy atom. The van der Waals surface area contributed by atoms with Gasteiger partial charge in [0, 0.05) is 18.0 Å². The molecule has 1 aliphatic carbocycles. The van der Waals surface area contributed by atoms with E-state index in [4.69, 9.17) is 4.74 Å². The number of hydrogen-bond donors (Lipinski definition) is 3. The second-order valence-corrected chi connectivity index (χ2v) is 6.74. The number of aliphatic hydroxyl groups excluding tert-OH is 2. The van der Waals surface area contributed by atoms with Crippen molar-refractivity contribution in [1.29, 1.82) is 0 Å². The molecule has 0 bridgehead atoms. The van der Waals surface area contributed by atoms with Crippen LogP contribution in [0.5, 0.6) is 5.75 Å². The van der Waals surface area contributed by atoms with Crippen molar-refractivity contribution in [3.8, 4) is 5.75 Å². The third-order valence-electron chi connectivity index (χ3n) is 5.16. The SMILES string of the molecule is CCOc1ccc2[nH]c(C(=O)N(C)[C@@H]3CCC[C@@H](O)[C@@H]3O)c(C)c2c1. The molecule has 1 amide bonds. The van der Waals surface area contributed by atoms with Crippen LogP contribution >= 0.6 is 0 Å². The van der Waals surface area contributed by atoms with Crippen LogP contribution in [0.1, 0.15) is 42.2 Å². The Balaban J connectivity index is 1.90. The van der Waals surface area contributed by atoms with Crippen LogP contribution in [0, 0.1) is 6.92 Å². The van der Waals surface area contributed by atoms with Crippen LogP contribution in [0.4, 0.5) is 0 Å². The predicted molar refractivity (Wildman–Crippen MR) is 96.0 cm³/mol. The average Bonchev–Trinajstić information content (AvgIpc) is 2.93. The highest BCUT2D eigenvalue weighted by molar-refractivity contribution is 6.01. The van der Waals surface area contributed by atoms with Crippen molar-refractivity contribution >= 4 is 16.8 Å². The number of fused-ring (bicyclic) bond motifs is 1. The first-order valence-electron chi connectivity index (χ1n) is 8.82. The number of carbonyl (C=O) groups excluding carboxylic acids is 1. The number of aromatic nitrogens is 1. The number of aromatic amines is 1. The molecule has 6 heteroatoms. The fourth-order valence-corrected chi connectivity index (χ4v) is 3.66. The fraction of sp³-hybridized carbons (Fsp3) is 0.526. The molecular weight excluding hydrogens is 320 g/mol. The van der Waals surface area contributed by atoms with Crippen molar-refractivity contribution in [2.75, 3.05) is 13.7 Å². The summed E-state index contributed by atoms with van der Waals surface area (Å²) >= 11 is 0. The molecule has 136 valence electrons. The minimum atomic E-state index is -0.906. The van der Waals surface area contributed by atoms with E-state index < -0.39 is 12.2 Å². The molecule has 1 heterocycles. The van der Waals surface area contributed by atoms with Gasteiger partial charge in [-0.25, -0.2) is 0 Å². The monoisotopic (exact) mass is 346 g/mol. The average molecular weight is 346 g/mol. The number of ether oxygens (including phenoxy) is 1. The molecule has 6 nitrogen and oxygen atoms in total. The van der Waals surface area contributed by atoms with Gasteiger partial charge in [0.2, 0.25) is 0 Å². The second kappa shape index (κ2) is 7.06. The summed E-state index contributed by atoms with van der Waals surface area (Å²) in [5.41, 5.74) is 2.25. The lowest BCUT2D eigenvalue weighted by molar-refractivity contribution is -0.0527. The lowest BCUT2D eigenvalue weighted by atomic mass is 9.89. The van der Waals surface area contributed by atoms with Crippen molar-refractivity contribution in [1.82, 2.24) is 9.88 Å². The van der Waals surface area contributed by atoms with E-state index in [9.17, 15) is 15.0 Å². The van der Waals surface area contributed by atoms with Crippen LogP contribution in [-0.2, 0) is 0 Å². The minimum Gasteiger partial charge on any atom is -0.494 e. The first-order chi connectivity index (χ1) is 11.9. The van der Waals surface area contributed by atoms with Gasteiger partial charge >= 0.3 is 0 Å². The van der Waals surface area contributed by atoms with Gasteiger partial charge in [-0.3, -0.25) is 4.79 Å². The molecule has 0 radical (unpaired) electrons. The molecule has 3 N–H and O–H groups in total. The van der Waals surface area contributed by atoms with E-state index in [1.807, 2.05) is 32.0 Å². The third-order valence-corrected chi connectivity index (χ3v) is 5.16. The Morgan fingerprint density at radius 2 is 2.12 bits per heavy atom. The van der Waals surface area contributed by atoms with Gasteiger partial charge in [0.05, 0.1) is 18.8 Å². The summed E-state index contributed by atoms with van der Waals surface area (Å²) < 4.78 is 5.54. The van der Waals surface area contributed by atoms with E-state index in [1.165, 1.54) is 0 Å². The van der Waals surface area contributed by atoms with E-state index in [2.05, 4.69) is 4.98 Å². The summed E-state index contributed by atoms with van der Waals surface area (Å²) in [4.78, 5) is 17.7. The van der Waals surface area contributed by atoms with E-state index in [1.54, 1.807) is 11.9 Å². The molecule has 1 aromatic heterocycles. The standard InChI is InChI=1S/C19H26N2O4/c1-4-25-12-8-9-14-13(10-12)11(2)17(20-14)19(24)21(3)15-6-5-7-16(22)18(15)23/h8-10,15-16,18,20,22-23H,4-7H2,1-3H3/t15-,16-,18-/m1/s1. The molecular formula is C19H26N2O4. The summed E-state index contributed by atoms with van der Waals surface area (Å²) in [5, 5.41) is 21.1. The fourth-order valence-electron chi connectivity index (χ4n) is 3.66. The van der Waals surface area contributed by atoms with Gasteiger partial charge in [-0.1, -0.05) is 0 Å². The van der Waals surface area contributed by atoms with Crippen molar-refractivity contribution in [3.63, 3.8) is 0 Å². The van der Waals surface area contributed by atoms with Crippen LogP contribution in [-0.4, -0.2) is 57.9 Å². The van der Waals surface area contributed by atoms with Crippen LogP contribution in [0.15, 0.2) is 18.2 Å². The van der Waals surface area contributed by atoms with Crippen molar-refractivity contribution in [3.05, 3.63) is 29.5 Å². The van der Waals surface area contributed by atoms with Crippen LogP contribution in [0.25, 0.3) is 10.9 Å². The minimum absolute atomic E-state index is 0.176. The predicted octanol–water partition coefficient (Wildman–Crippen LogP) is 2.22. The Kier molecular flexibility index (Phi) is 5.01. The zero-order valence-corrected chi connectivity index (χ0v) is 15.0. The lowest BCUT2D eigenvalue weighted by Crippen LogP contribution is -2.51. The molecule has 0 spiro atoms. The molecule has 3 rings (SSSR count). The maximum absolute atomic E-state index is 13.0. The molecule has 0 saturated heterocycles. The first-order valence-corrected chi connectivity index (χ1v) is 8.82. The molecule has 25 heavy (non-hydrogen) atoms. The molecule has 3 atom stereocenters. The summed E-state index contributed by atoms with van der Waals surface area (Å²) in [7, 11) is 1.69. The summed E-state index contributed by atoms with van der Waals surface area (Å²) in [6.45, 7) is 4.43. The quantitative estimate of drug-likeness (QED) is 0.792. The van der Waals surface area contributed by atoms with Gasteiger partial charge in [-0.2, -0.15) is 0 Å². The van der Waals surface area contributed by atoms with Crippen LogP contribution < -0.4 is 4.74 Å². The maximum atomic E-state index is 13.0. The first kappa shape index (κ1) is 17.8. The van der Waals surface area contributed by atoms with Crippen LogP contribution in [0.3, 0.4) is 0 Å². The Labute approximate surface area is 147 Å². The lowest BCUT2D eigenvalue weighted by Gasteiger charge is -2.37.